The zero-order chi connectivity index (χ0) is 10.6. The topological polar surface area (TPSA) is 54.7 Å². The molecule has 3 heteroatoms. The number of aryl methyl sites for hydroxylation is 1. The van der Waals surface area contributed by atoms with E-state index in [9.17, 15) is 0 Å². The molecule has 2 aliphatic carbocycles. The summed E-state index contributed by atoms with van der Waals surface area (Å²) in [6, 6.07) is 0. The van der Waals surface area contributed by atoms with Gasteiger partial charge in [-0.1, -0.05) is 13.8 Å². The van der Waals surface area contributed by atoms with Gasteiger partial charge in [0.25, 0.3) is 0 Å². The van der Waals surface area contributed by atoms with Gasteiger partial charge >= 0.3 is 0 Å². The van der Waals surface area contributed by atoms with E-state index in [4.69, 9.17) is 5.73 Å². The molecular weight excluding hydrogens is 186 g/mol. The van der Waals surface area contributed by atoms with Crippen molar-refractivity contribution in [3.8, 4) is 0 Å². The van der Waals surface area contributed by atoms with E-state index in [0.717, 1.165) is 6.54 Å². The molecule has 1 aromatic heterocycles. The van der Waals surface area contributed by atoms with Crippen LogP contribution in [0.15, 0.2) is 0 Å². The lowest BCUT2D eigenvalue weighted by Gasteiger charge is -2.01. The number of nitrogens with zero attached hydrogens (tertiary/aromatic N) is 1. The third-order valence-electron chi connectivity index (χ3n) is 4.44. The van der Waals surface area contributed by atoms with E-state index in [-0.39, 0.29) is 0 Å². The number of nitrogens with two attached hydrogens (primary N) is 1. The van der Waals surface area contributed by atoms with Gasteiger partial charge in [0.1, 0.15) is 0 Å². The van der Waals surface area contributed by atoms with Gasteiger partial charge in [-0.25, -0.2) is 0 Å². The van der Waals surface area contributed by atoms with Crippen LogP contribution < -0.4 is 5.73 Å². The number of hydrogen-bond acceptors (Lipinski definition) is 2. The summed E-state index contributed by atoms with van der Waals surface area (Å²) >= 11 is 0. The average Bonchev–Trinajstić information content (AvgIpc) is 2.61. The Morgan fingerprint density at radius 2 is 2.27 bits per heavy atom. The van der Waals surface area contributed by atoms with Gasteiger partial charge in [-0.05, 0) is 42.7 Å². The first-order chi connectivity index (χ1) is 7.16. The number of hydrogen-bond donors (Lipinski definition) is 2. The Balaban J connectivity index is 1.95. The normalized spacial score (nSPS) is 31.7. The van der Waals surface area contributed by atoms with Crippen LogP contribution in [0.1, 0.15) is 43.1 Å². The molecule has 82 valence electrons. The molecule has 1 fully saturated rings. The van der Waals surface area contributed by atoms with Crippen LogP contribution in [0.3, 0.4) is 0 Å². The fourth-order valence-corrected chi connectivity index (χ4v) is 3.33. The maximum atomic E-state index is 5.81. The highest BCUT2D eigenvalue weighted by molar-refractivity contribution is 5.38. The quantitative estimate of drug-likeness (QED) is 0.770. The van der Waals surface area contributed by atoms with Crippen LogP contribution in [0.2, 0.25) is 0 Å². The van der Waals surface area contributed by atoms with Gasteiger partial charge in [0.15, 0.2) is 0 Å². The van der Waals surface area contributed by atoms with Gasteiger partial charge in [0.05, 0.1) is 5.69 Å². The SMILES string of the molecule is CC1(C)[C@H](CN)[C@H]1c1n[nH]c2c1CCC2. The van der Waals surface area contributed by atoms with Crippen molar-refractivity contribution < 1.29 is 0 Å². The van der Waals surface area contributed by atoms with Crippen molar-refractivity contribution in [1.29, 1.82) is 0 Å². The second-order valence-electron chi connectivity index (χ2n) is 5.56. The summed E-state index contributed by atoms with van der Waals surface area (Å²) in [5, 5.41) is 7.71. The van der Waals surface area contributed by atoms with Crippen molar-refractivity contribution in [3.05, 3.63) is 17.0 Å². The van der Waals surface area contributed by atoms with Crippen LogP contribution in [-0.4, -0.2) is 16.7 Å². The van der Waals surface area contributed by atoms with Gasteiger partial charge in [-0.15, -0.1) is 0 Å². The molecule has 3 nitrogen and oxygen atoms in total. The second kappa shape index (κ2) is 2.85. The zero-order valence-corrected chi connectivity index (χ0v) is 9.51. The predicted octanol–water partition coefficient (Wildman–Crippen LogP) is 1.60. The minimum Gasteiger partial charge on any atom is -0.330 e. The molecule has 15 heavy (non-hydrogen) atoms. The molecule has 0 bridgehead atoms. The van der Waals surface area contributed by atoms with Gasteiger partial charge in [0.2, 0.25) is 0 Å². The molecule has 0 aliphatic heterocycles. The number of H-pyrrole nitrogens is 1. The lowest BCUT2D eigenvalue weighted by Crippen LogP contribution is -2.05. The third-order valence-corrected chi connectivity index (χ3v) is 4.44. The summed E-state index contributed by atoms with van der Waals surface area (Å²) < 4.78 is 0. The van der Waals surface area contributed by atoms with Crippen molar-refractivity contribution >= 4 is 0 Å². The Labute approximate surface area is 90.4 Å². The number of aromatic nitrogens is 2. The first-order valence-corrected chi connectivity index (χ1v) is 5.92. The molecule has 1 aromatic rings. The minimum absolute atomic E-state index is 0.361. The summed E-state index contributed by atoms with van der Waals surface area (Å²) in [6.07, 6.45) is 3.69. The molecule has 1 saturated carbocycles. The number of rotatable bonds is 2. The standard InChI is InChI=1S/C12H19N3/c1-12(2)8(6-13)10(12)11-7-4-3-5-9(7)14-15-11/h8,10H,3-6,13H2,1-2H3,(H,14,15)/t8-,10+/m1/s1. The molecule has 0 radical (unpaired) electrons. The second-order valence-corrected chi connectivity index (χ2v) is 5.56. The average molecular weight is 205 g/mol. The van der Waals surface area contributed by atoms with E-state index in [1.165, 1.54) is 36.2 Å². The summed E-state index contributed by atoms with van der Waals surface area (Å²) in [5.41, 5.74) is 10.4. The summed E-state index contributed by atoms with van der Waals surface area (Å²) in [4.78, 5) is 0. The van der Waals surface area contributed by atoms with Gasteiger partial charge in [-0.2, -0.15) is 5.10 Å². The van der Waals surface area contributed by atoms with E-state index in [1.807, 2.05) is 0 Å². The highest BCUT2D eigenvalue weighted by Gasteiger charge is 2.59. The van der Waals surface area contributed by atoms with E-state index in [0.29, 0.717) is 17.3 Å². The van der Waals surface area contributed by atoms with Crippen LogP contribution in [0.25, 0.3) is 0 Å². The zero-order valence-electron chi connectivity index (χ0n) is 9.51. The molecule has 3 N–H and O–H groups in total. The number of fused-ring (bicyclic) bond motifs is 1. The highest BCUT2D eigenvalue weighted by Crippen LogP contribution is 2.64. The van der Waals surface area contributed by atoms with E-state index < -0.39 is 0 Å². The molecule has 0 aromatic carbocycles. The first kappa shape index (κ1) is 9.40. The van der Waals surface area contributed by atoms with E-state index in [1.54, 1.807) is 0 Å². The maximum absolute atomic E-state index is 5.81. The van der Waals surface area contributed by atoms with Crippen molar-refractivity contribution in [2.75, 3.05) is 6.54 Å². The fraction of sp³-hybridized carbons (Fsp3) is 0.750. The van der Waals surface area contributed by atoms with Gasteiger partial charge < -0.3 is 5.73 Å². The van der Waals surface area contributed by atoms with Gasteiger partial charge in [0, 0.05) is 11.6 Å². The van der Waals surface area contributed by atoms with Gasteiger partial charge in [-0.3, -0.25) is 5.10 Å². The monoisotopic (exact) mass is 205 g/mol. The lowest BCUT2D eigenvalue weighted by atomic mass is 10.0. The Kier molecular flexibility index (Phi) is 1.78. The van der Waals surface area contributed by atoms with Crippen LogP contribution in [-0.2, 0) is 12.8 Å². The molecule has 0 amide bonds. The summed E-state index contributed by atoms with van der Waals surface area (Å²) in [5.74, 6) is 1.23. The molecule has 1 heterocycles. The molecule has 0 spiro atoms. The molecule has 3 rings (SSSR count). The van der Waals surface area contributed by atoms with Crippen LogP contribution >= 0.6 is 0 Å². The molecular formula is C12H19N3. The minimum atomic E-state index is 0.361. The van der Waals surface area contributed by atoms with Crippen LogP contribution in [0.5, 0.6) is 0 Å². The number of nitrogens with one attached hydrogen (secondary N) is 1. The largest absolute Gasteiger partial charge is 0.330 e. The Morgan fingerprint density at radius 3 is 2.93 bits per heavy atom. The predicted molar refractivity (Wildman–Crippen MR) is 59.7 cm³/mol. The smallest absolute Gasteiger partial charge is 0.0696 e. The lowest BCUT2D eigenvalue weighted by molar-refractivity contribution is 0.556. The molecule has 0 saturated heterocycles. The van der Waals surface area contributed by atoms with E-state index in [2.05, 4.69) is 24.0 Å². The summed E-state index contributed by atoms with van der Waals surface area (Å²) in [6.45, 7) is 5.41. The van der Waals surface area contributed by atoms with Crippen molar-refractivity contribution in [2.24, 2.45) is 17.1 Å². The van der Waals surface area contributed by atoms with Crippen molar-refractivity contribution in [2.45, 2.75) is 39.0 Å². The summed E-state index contributed by atoms with van der Waals surface area (Å²) in [7, 11) is 0. The Hall–Kier alpha value is -0.830. The molecule has 0 unspecified atom stereocenters. The van der Waals surface area contributed by atoms with Crippen molar-refractivity contribution in [3.63, 3.8) is 0 Å². The third kappa shape index (κ3) is 1.13. The van der Waals surface area contributed by atoms with Crippen LogP contribution in [0.4, 0.5) is 0 Å². The van der Waals surface area contributed by atoms with Crippen molar-refractivity contribution in [1.82, 2.24) is 10.2 Å². The Bertz CT molecular complexity index is 392. The maximum Gasteiger partial charge on any atom is 0.0696 e. The fourth-order valence-electron chi connectivity index (χ4n) is 3.33. The first-order valence-electron chi connectivity index (χ1n) is 5.92. The van der Waals surface area contributed by atoms with Crippen LogP contribution in [0, 0.1) is 11.3 Å². The van der Waals surface area contributed by atoms with E-state index >= 15 is 0 Å². The highest BCUT2D eigenvalue weighted by atomic mass is 15.1. The molecule has 2 aliphatic rings. The number of aromatic amines is 1. The molecule has 2 atom stereocenters. The Morgan fingerprint density at radius 1 is 1.47 bits per heavy atom.